The molecule has 4 nitrogen and oxygen atoms in total. The molecule has 1 aliphatic carbocycles. The fourth-order valence-corrected chi connectivity index (χ4v) is 2.80. The standard InChI is InChI=1S/C19H31N3O/c1-14-10-15(2)18(16(3)11-14)12-22-19(20-4)21-8-5-9-23-13-17-6-7-17/h10-11,17H,5-9,12-13H2,1-4H3,(H2,20,21,22). The molecule has 0 aromatic heterocycles. The average Bonchev–Trinajstić information content (AvgIpc) is 3.31. The second kappa shape index (κ2) is 8.92. The van der Waals surface area contributed by atoms with Crippen molar-refractivity contribution in [3.8, 4) is 0 Å². The fourth-order valence-electron chi connectivity index (χ4n) is 2.80. The number of hydrogen-bond acceptors (Lipinski definition) is 2. The number of rotatable bonds is 8. The van der Waals surface area contributed by atoms with Crippen LogP contribution >= 0.6 is 0 Å². The second-order valence-corrected chi connectivity index (χ2v) is 6.60. The Labute approximate surface area is 140 Å². The molecule has 1 aromatic rings. The summed E-state index contributed by atoms with van der Waals surface area (Å²) in [4.78, 5) is 4.29. The maximum Gasteiger partial charge on any atom is 0.191 e. The highest BCUT2D eigenvalue weighted by Crippen LogP contribution is 2.28. The summed E-state index contributed by atoms with van der Waals surface area (Å²) in [6, 6.07) is 4.47. The second-order valence-electron chi connectivity index (χ2n) is 6.60. The van der Waals surface area contributed by atoms with Crippen LogP contribution < -0.4 is 10.6 Å². The number of aryl methyl sites for hydroxylation is 3. The maximum atomic E-state index is 5.64. The van der Waals surface area contributed by atoms with Crippen molar-refractivity contribution in [2.75, 3.05) is 26.8 Å². The van der Waals surface area contributed by atoms with Crippen LogP contribution in [0.1, 0.15) is 41.5 Å². The topological polar surface area (TPSA) is 45.7 Å². The normalized spacial score (nSPS) is 14.9. The van der Waals surface area contributed by atoms with E-state index in [2.05, 4.69) is 48.5 Å². The lowest BCUT2D eigenvalue weighted by atomic mass is 10.00. The van der Waals surface area contributed by atoms with Crippen LogP contribution in [0.5, 0.6) is 0 Å². The molecule has 23 heavy (non-hydrogen) atoms. The summed E-state index contributed by atoms with van der Waals surface area (Å²) in [7, 11) is 1.81. The van der Waals surface area contributed by atoms with Crippen LogP contribution in [0.3, 0.4) is 0 Å². The van der Waals surface area contributed by atoms with Gasteiger partial charge in [-0.25, -0.2) is 0 Å². The third-order valence-electron chi connectivity index (χ3n) is 4.30. The van der Waals surface area contributed by atoms with E-state index >= 15 is 0 Å². The third-order valence-corrected chi connectivity index (χ3v) is 4.30. The van der Waals surface area contributed by atoms with Crippen LogP contribution in [0.2, 0.25) is 0 Å². The molecule has 4 heteroatoms. The molecule has 1 saturated carbocycles. The Bertz CT molecular complexity index is 512. The Morgan fingerprint density at radius 2 is 1.87 bits per heavy atom. The molecular weight excluding hydrogens is 286 g/mol. The summed E-state index contributed by atoms with van der Waals surface area (Å²) in [5.41, 5.74) is 5.33. The first-order chi connectivity index (χ1) is 11.1. The zero-order valence-corrected chi connectivity index (χ0v) is 15.0. The molecule has 0 radical (unpaired) electrons. The van der Waals surface area contributed by atoms with Gasteiger partial charge in [-0.15, -0.1) is 0 Å². The van der Waals surface area contributed by atoms with Crippen LogP contribution in [0.25, 0.3) is 0 Å². The van der Waals surface area contributed by atoms with Gasteiger partial charge in [-0.2, -0.15) is 0 Å². The van der Waals surface area contributed by atoms with Gasteiger partial charge in [0.05, 0.1) is 0 Å². The lowest BCUT2D eigenvalue weighted by molar-refractivity contribution is 0.123. The van der Waals surface area contributed by atoms with Crippen LogP contribution in [0, 0.1) is 26.7 Å². The van der Waals surface area contributed by atoms with Crippen LogP contribution in [0.4, 0.5) is 0 Å². The molecule has 0 saturated heterocycles. The van der Waals surface area contributed by atoms with E-state index in [9.17, 15) is 0 Å². The molecule has 0 spiro atoms. The van der Waals surface area contributed by atoms with Crippen molar-refractivity contribution in [1.29, 1.82) is 0 Å². The summed E-state index contributed by atoms with van der Waals surface area (Å²) in [5, 5.41) is 6.76. The highest BCUT2D eigenvalue weighted by atomic mass is 16.5. The van der Waals surface area contributed by atoms with Gasteiger partial charge in [0.25, 0.3) is 0 Å². The largest absolute Gasteiger partial charge is 0.381 e. The van der Waals surface area contributed by atoms with Crippen molar-refractivity contribution < 1.29 is 4.74 Å². The predicted molar refractivity (Wildman–Crippen MR) is 97.0 cm³/mol. The molecule has 0 aliphatic heterocycles. The minimum atomic E-state index is 0.801. The van der Waals surface area contributed by atoms with Gasteiger partial charge in [0, 0.05) is 33.4 Å². The highest BCUT2D eigenvalue weighted by molar-refractivity contribution is 5.79. The van der Waals surface area contributed by atoms with Crippen molar-refractivity contribution in [3.05, 3.63) is 34.4 Å². The summed E-state index contributed by atoms with van der Waals surface area (Å²) in [6.45, 7) is 9.94. The highest BCUT2D eigenvalue weighted by Gasteiger charge is 2.20. The molecule has 0 amide bonds. The molecule has 1 aliphatic rings. The molecule has 2 rings (SSSR count). The summed E-state index contributed by atoms with van der Waals surface area (Å²) >= 11 is 0. The van der Waals surface area contributed by atoms with Gasteiger partial charge < -0.3 is 15.4 Å². The minimum Gasteiger partial charge on any atom is -0.381 e. The van der Waals surface area contributed by atoms with E-state index in [0.717, 1.165) is 44.6 Å². The zero-order chi connectivity index (χ0) is 16.7. The van der Waals surface area contributed by atoms with Gasteiger partial charge in [-0.1, -0.05) is 17.7 Å². The minimum absolute atomic E-state index is 0.801. The van der Waals surface area contributed by atoms with Crippen molar-refractivity contribution in [2.24, 2.45) is 10.9 Å². The van der Waals surface area contributed by atoms with E-state index in [-0.39, 0.29) is 0 Å². The number of ether oxygens (including phenoxy) is 1. The van der Waals surface area contributed by atoms with Crippen LogP contribution in [0.15, 0.2) is 17.1 Å². The summed E-state index contributed by atoms with van der Waals surface area (Å²) in [6.07, 6.45) is 3.72. The van der Waals surface area contributed by atoms with Gasteiger partial charge in [-0.05, 0) is 62.6 Å². The van der Waals surface area contributed by atoms with Crippen molar-refractivity contribution in [2.45, 2.75) is 46.6 Å². The van der Waals surface area contributed by atoms with Crippen molar-refractivity contribution in [3.63, 3.8) is 0 Å². The Morgan fingerprint density at radius 1 is 1.17 bits per heavy atom. The monoisotopic (exact) mass is 317 g/mol. The maximum absolute atomic E-state index is 5.64. The number of aliphatic imine (C=N–C) groups is 1. The smallest absolute Gasteiger partial charge is 0.191 e. The van der Waals surface area contributed by atoms with Crippen molar-refractivity contribution in [1.82, 2.24) is 10.6 Å². The van der Waals surface area contributed by atoms with Crippen LogP contribution in [-0.4, -0.2) is 32.8 Å². The number of hydrogen-bond donors (Lipinski definition) is 2. The fraction of sp³-hybridized carbons (Fsp3) is 0.632. The lowest BCUT2D eigenvalue weighted by Gasteiger charge is -2.15. The Balaban J connectivity index is 1.68. The Morgan fingerprint density at radius 3 is 2.48 bits per heavy atom. The molecule has 128 valence electrons. The van der Waals surface area contributed by atoms with E-state index < -0.39 is 0 Å². The Kier molecular flexibility index (Phi) is 6.90. The molecule has 0 unspecified atom stereocenters. The molecular formula is C19H31N3O. The average molecular weight is 317 g/mol. The van der Waals surface area contributed by atoms with E-state index in [1.807, 2.05) is 7.05 Å². The van der Waals surface area contributed by atoms with Gasteiger partial charge >= 0.3 is 0 Å². The molecule has 0 atom stereocenters. The van der Waals surface area contributed by atoms with E-state index in [4.69, 9.17) is 4.74 Å². The van der Waals surface area contributed by atoms with Gasteiger partial charge in [-0.3, -0.25) is 4.99 Å². The number of nitrogens with one attached hydrogen (secondary N) is 2. The van der Waals surface area contributed by atoms with Gasteiger partial charge in [0.15, 0.2) is 5.96 Å². The Hall–Kier alpha value is -1.55. The van der Waals surface area contributed by atoms with Gasteiger partial charge in [0.1, 0.15) is 0 Å². The predicted octanol–water partition coefficient (Wildman–Crippen LogP) is 3.09. The summed E-state index contributed by atoms with van der Waals surface area (Å²) in [5.74, 6) is 1.70. The first kappa shape index (κ1) is 17.8. The third kappa shape index (κ3) is 6.22. The molecule has 0 bridgehead atoms. The molecule has 1 aromatic carbocycles. The first-order valence-corrected chi connectivity index (χ1v) is 8.69. The molecule has 2 N–H and O–H groups in total. The van der Waals surface area contributed by atoms with E-state index in [1.165, 1.54) is 35.1 Å². The summed E-state index contributed by atoms with van der Waals surface area (Å²) < 4.78 is 5.64. The first-order valence-electron chi connectivity index (χ1n) is 8.69. The quantitative estimate of drug-likeness (QED) is 0.440. The number of benzene rings is 1. The molecule has 1 fully saturated rings. The number of nitrogens with zero attached hydrogens (tertiary/aromatic N) is 1. The molecule has 0 heterocycles. The lowest BCUT2D eigenvalue weighted by Crippen LogP contribution is -2.37. The zero-order valence-electron chi connectivity index (χ0n) is 15.0. The van der Waals surface area contributed by atoms with E-state index in [1.54, 1.807) is 0 Å². The van der Waals surface area contributed by atoms with Crippen molar-refractivity contribution >= 4 is 5.96 Å². The SMILES string of the molecule is CN=C(NCCCOCC1CC1)NCc1c(C)cc(C)cc1C. The van der Waals surface area contributed by atoms with Crippen LogP contribution in [-0.2, 0) is 11.3 Å². The van der Waals surface area contributed by atoms with Gasteiger partial charge in [0.2, 0.25) is 0 Å². The van der Waals surface area contributed by atoms with E-state index in [0.29, 0.717) is 0 Å². The number of guanidine groups is 1.